The SMILES string of the molecule is CN(Cc1ccccc1Br)S(=O)(=O)Cc1cccc(C(F)(F)F)c1. The molecule has 0 atom stereocenters. The average molecular weight is 422 g/mol. The molecular weight excluding hydrogens is 407 g/mol. The van der Waals surface area contributed by atoms with E-state index in [1.807, 2.05) is 6.07 Å². The number of rotatable bonds is 5. The fraction of sp³-hybridized carbons (Fsp3) is 0.250. The van der Waals surface area contributed by atoms with E-state index in [9.17, 15) is 21.6 Å². The molecule has 3 nitrogen and oxygen atoms in total. The third-order valence-corrected chi connectivity index (χ3v) is 5.98. The lowest BCUT2D eigenvalue weighted by molar-refractivity contribution is -0.137. The number of nitrogens with zero attached hydrogens (tertiary/aromatic N) is 1. The zero-order chi connectivity index (χ0) is 18.0. The van der Waals surface area contributed by atoms with E-state index in [0.717, 1.165) is 26.5 Å². The van der Waals surface area contributed by atoms with Gasteiger partial charge in [0, 0.05) is 18.1 Å². The van der Waals surface area contributed by atoms with Crippen molar-refractivity contribution < 1.29 is 21.6 Å². The smallest absolute Gasteiger partial charge is 0.212 e. The van der Waals surface area contributed by atoms with Crippen LogP contribution in [-0.2, 0) is 28.5 Å². The second kappa shape index (κ2) is 7.25. The van der Waals surface area contributed by atoms with Crippen LogP contribution in [-0.4, -0.2) is 19.8 Å². The summed E-state index contributed by atoms with van der Waals surface area (Å²) in [6, 6.07) is 11.5. The van der Waals surface area contributed by atoms with Crippen molar-refractivity contribution in [2.75, 3.05) is 7.05 Å². The lowest BCUT2D eigenvalue weighted by Crippen LogP contribution is -2.28. The molecule has 0 saturated carbocycles. The predicted molar refractivity (Wildman–Crippen MR) is 89.7 cm³/mol. The highest BCUT2D eigenvalue weighted by Crippen LogP contribution is 2.30. The van der Waals surface area contributed by atoms with Gasteiger partial charge in [0.1, 0.15) is 0 Å². The van der Waals surface area contributed by atoms with Crippen LogP contribution in [0.15, 0.2) is 53.0 Å². The quantitative estimate of drug-likeness (QED) is 0.715. The van der Waals surface area contributed by atoms with E-state index >= 15 is 0 Å². The molecule has 2 rings (SSSR count). The molecule has 0 aliphatic heterocycles. The normalized spacial score (nSPS) is 12.6. The van der Waals surface area contributed by atoms with Crippen LogP contribution in [0.25, 0.3) is 0 Å². The average Bonchev–Trinajstić information content (AvgIpc) is 2.48. The first-order chi connectivity index (χ1) is 11.1. The lowest BCUT2D eigenvalue weighted by Gasteiger charge is -2.18. The summed E-state index contributed by atoms with van der Waals surface area (Å²) in [6.45, 7) is 0.128. The van der Waals surface area contributed by atoms with Crippen LogP contribution in [0.4, 0.5) is 13.2 Å². The highest BCUT2D eigenvalue weighted by Gasteiger charge is 2.31. The molecule has 0 N–H and O–H groups in total. The third-order valence-electron chi connectivity index (χ3n) is 3.43. The minimum absolute atomic E-state index is 0.101. The summed E-state index contributed by atoms with van der Waals surface area (Å²) in [5, 5.41) is 0. The van der Waals surface area contributed by atoms with Crippen LogP contribution in [0.5, 0.6) is 0 Å². The number of hydrogen-bond acceptors (Lipinski definition) is 2. The molecular formula is C16H15BrF3NO2S. The van der Waals surface area contributed by atoms with Crippen molar-refractivity contribution >= 4 is 26.0 Å². The first-order valence-corrected chi connectivity index (χ1v) is 9.33. The molecule has 0 radical (unpaired) electrons. The van der Waals surface area contributed by atoms with Gasteiger partial charge < -0.3 is 0 Å². The molecule has 0 bridgehead atoms. The van der Waals surface area contributed by atoms with Gasteiger partial charge >= 0.3 is 6.18 Å². The van der Waals surface area contributed by atoms with Crippen LogP contribution in [0.3, 0.4) is 0 Å². The summed E-state index contributed by atoms with van der Waals surface area (Å²) >= 11 is 3.34. The maximum Gasteiger partial charge on any atom is 0.416 e. The number of sulfonamides is 1. The minimum atomic E-state index is -4.50. The van der Waals surface area contributed by atoms with Crippen molar-refractivity contribution in [2.45, 2.75) is 18.5 Å². The standard InChI is InChI=1S/C16H15BrF3NO2S/c1-21(10-13-6-2-3-8-15(13)17)24(22,23)11-12-5-4-7-14(9-12)16(18,19)20/h2-9H,10-11H2,1H3. The topological polar surface area (TPSA) is 37.4 Å². The van der Waals surface area contributed by atoms with Crippen LogP contribution in [0.1, 0.15) is 16.7 Å². The summed E-state index contributed by atoms with van der Waals surface area (Å²) in [7, 11) is -2.34. The van der Waals surface area contributed by atoms with Gasteiger partial charge in [-0.15, -0.1) is 0 Å². The Hall–Kier alpha value is -1.38. The largest absolute Gasteiger partial charge is 0.416 e. The van der Waals surface area contributed by atoms with E-state index < -0.39 is 27.5 Å². The highest BCUT2D eigenvalue weighted by atomic mass is 79.9. The second-order valence-electron chi connectivity index (χ2n) is 5.30. The van der Waals surface area contributed by atoms with Gasteiger partial charge in [-0.3, -0.25) is 0 Å². The fourth-order valence-electron chi connectivity index (χ4n) is 2.12. The number of halogens is 4. The van der Waals surface area contributed by atoms with Gasteiger partial charge in [0.15, 0.2) is 0 Å². The Morgan fingerprint density at radius 3 is 2.38 bits per heavy atom. The maximum absolute atomic E-state index is 12.7. The molecule has 0 heterocycles. The van der Waals surface area contributed by atoms with Crippen LogP contribution in [0, 0.1) is 0 Å². The Balaban J connectivity index is 2.18. The first-order valence-electron chi connectivity index (χ1n) is 6.93. The van der Waals surface area contributed by atoms with Crippen molar-refractivity contribution in [3.63, 3.8) is 0 Å². The summed E-state index contributed by atoms with van der Waals surface area (Å²) < 4.78 is 64.9. The van der Waals surface area contributed by atoms with E-state index in [1.54, 1.807) is 18.2 Å². The molecule has 0 aliphatic rings. The molecule has 0 aromatic heterocycles. The van der Waals surface area contributed by atoms with Crippen molar-refractivity contribution in [1.29, 1.82) is 0 Å². The molecule has 0 saturated heterocycles. The molecule has 2 aromatic carbocycles. The van der Waals surface area contributed by atoms with Gasteiger partial charge in [0.05, 0.1) is 11.3 Å². The molecule has 2 aromatic rings. The number of benzene rings is 2. The van der Waals surface area contributed by atoms with Crippen molar-refractivity contribution in [1.82, 2.24) is 4.31 Å². The zero-order valence-electron chi connectivity index (χ0n) is 12.7. The molecule has 0 amide bonds. The van der Waals surface area contributed by atoms with Crippen LogP contribution >= 0.6 is 15.9 Å². The Labute approximate surface area is 147 Å². The number of alkyl halides is 3. The monoisotopic (exact) mass is 421 g/mol. The second-order valence-corrected chi connectivity index (χ2v) is 8.23. The first kappa shape index (κ1) is 19.0. The third kappa shape index (κ3) is 4.81. The van der Waals surface area contributed by atoms with Crippen molar-refractivity contribution in [2.24, 2.45) is 0 Å². The zero-order valence-corrected chi connectivity index (χ0v) is 15.1. The van der Waals surface area contributed by atoms with E-state index in [1.165, 1.54) is 19.2 Å². The van der Waals surface area contributed by atoms with Gasteiger partial charge in [-0.05, 0) is 23.3 Å². The van der Waals surface area contributed by atoms with Gasteiger partial charge in [-0.1, -0.05) is 52.3 Å². The van der Waals surface area contributed by atoms with E-state index in [2.05, 4.69) is 15.9 Å². The molecule has 24 heavy (non-hydrogen) atoms. The van der Waals surface area contributed by atoms with E-state index in [4.69, 9.17) is 0 Å². The summed E-state index contributed by atoms with van der Waals surface area (Å²) in [4.78, 5) is 0. The fourth-order valence-corrected chi connectivity index (χ4v) is 3.69. The van der Waals surface area contributed by atoms with E-state index in [0.29, 0.717) is 0 Å². The minimum Gasteiger partial charge on any atom is -0.212 e. The van der Waals surface area contributed by atoms with Crippen molar-refractivity contribution in [3.05, 3.63) is 69.7 Å². The molecule has 8 heteroatoms. The Morgan fingerprint density at radius 1 is 1.08 bits per heavy atom. The number of hydrogen-bond donors (Lipinski definition) is 0. The summed E-state index contributed by atoms with van der Waals surface area (Å²) in [6.07, 6.45) is -4.50. The maximum atomic E-state index is 12.7. The molecule has 0 fully saturated rings. The van der Waals surface area contributed by atoms with Crippen LogP contribution < -0.4 is 0 Å². The highest BCUT2D eigenvalue weighted by molar-refractivity contribution is 9.10. The lowest BCUT2D eigenvalue weighted by atomic mass is 10.1. The van der Waals surface area contributed by atoms with Gasteiger partial charge in [-0.2, -0.15) is 13.2 Å². The van der Waals surface area contributed by atoms with Gasteiger partial charge in [0.2, 0.25) is 10.0 Å². The molecule has 0 unspecified atom stereocenters. The van der Waals surface area contributed by atoms with E-state index in [-0.39, 0.29) is 12.1 Å². The van der Waals surface area contributed by atoms with Gasteiger partial charge in [-0.25, -0.2) is 12.7 Å². The van der Waals surface area contributed by atoms with Crippen LogP contribution in [0.2, 0.25) is 0 Å². The summed E-state index contributed by atoms with van der Waals surface area (Å²) in [5.74, 6) is -0.488. The predicted octanol–water partition coefficient (Wildman–Crippen LogP) is 4.43. The molecule has 130 valence electrons. The van der Waals surface area contributed by atoms with Gasteiger partial charge in [0.25, 0.3) is 0 Å². The Bertz CT molecular complexity index is 822. The Morgan fingerprint density at radius 2 is 1.75 bits per heavy atom. The Kier molecular flexibility index (Phi) is 5.72. The molecule has 0 aliphatic carbocycles. The summed E-state index contributed by atoms with van der Waals surface area (Å²) in [5.41, 5.74) is 0.0140. The molecule has 0 spiro atoms. The van der Waals surface area contributed by atoms with Crippen molar-refractivity contribution in [3.8, 4) is 0 Å².